The zero-order chi connectivity index (χ0) is 12.4. The molecular weight excluding hydrogens is 220 g/mol. The maximum Gasteiger partial charge on any atom is 0.332 e. The molecule has 1 heterocycles. The Bertz CT molecular complexity index is 569. The molecule has 5 nitrogen and oxygen atoms in total. The van der Waals surface area contributed by atoms with E-state index < -0.39 is 12.1 Å². The number of carboxylic acid groups (broad SMARTS) is 1. The van der Waals surface area contributed by atoms with E-state index in [1.54, 1.807) is 13.0 Å². The summed E-state index contributed by atoms with van der Waals surface area (Å²) >= 11 is 0. The summed E-state index contributed by atoms with van der Waals surface area (Å²) in [6, 6.07) is 7.34. The summed E-state index contributed by atoms with van der Waals surface area (Å²) in [6.07, 6.45) is -1.47. The highest BCUT2D eigenvalue weighted by atomic mass is 16.4. The Morgan fingerprint density at radius 3 is 2.47 bits per heavy atom. The summed E-state index contributed by atoms with van der Waals surface area (Å²) in [5, 5.41) is 18.0. The number of rotatable bonds is 3. The minimum Gasteiger partial charge on any atom is -0.479 e. The van der Waals surface area contributed by atoms with Crippen molar-refractivity contribution in [2.45, 2.75) is 19.4 Å². The van der Waals surface area contributed by atoms with Gasteiger partial charge in [-0.15, -0.1) is 0 Å². The number of aryl methyl sites for hydroxylation is 1. The number of hydrogen-bond donors (Lipinski definition) is 2. The van der Waals surface area contributed by atoms with Gasteiger partial charge in [0.15, 0.2) is 6.10 Å². The molecule has 0 aliphatic carbocycles. The summed E-state index contributed by atoms with van der Waals surface area (Å²) in [7, 11) is 0. The van der Waals surface area contributed by atoms with Crippen molar-refractivity contribution in [3.8, 4) is 0 Å². The number of aliphatic carboxylic acids is 1. The van der Waals surface area contributed by atoms with Crippen LogP contribution in [0.5, 0.6) is 0 Å². The van der Waals surface area contributed by atoms with Gasteiger partial charge in [-0.1, -0.05) is 12.1 Å². The van der Waals surface area contributed by atoms with Crippen LogP contribution in [0.1, 0.15) is 11.4 Å². The highest BCUT2D eigenvalue weighted by Crippen LogP contribution is 2.13. The van der Waals surface area contributed by atoms with Crippen LogP contribution in [0.25, 0.3) is 11.0 Å². The van der Waals surface area contributed by atoms with E-state index >= 15 is 0 Å². The minimum absolute atomic E-state index is 0.0288. The van der Waals surface area contributed by atoms with Crippen LogP contribution in [-0.2, 0) is 11.2 Å². The lowest BCUT2D eigenvalue weighted by Gasteiger charge is -2.08. The quantitative estimate of drug-likeness (QED) is 0.822. The number of benzene rings is 1. The Hall–Kier alpha value is -2.01. The molecule has 0 radical (unpaired) electrons. The van der Waals surface area contributed by atoms with E-state index in [1.165, 1.54) is 0 Å². The van der Waals surface area contributed by atoms with Gasteiger partial charge < -0.3 is 10.2 Å². The number of aliphatic hydroxyl groups is 1. The first kappa shape index (κ1) is 11.5. The average Bonchev–Trinajstić information content (AvgIpc) is 2.29. The second kappa shape index (κ2) is 4.47. The summed E-state index contributed by atoms with van der Waals surface area (Å²) in [6.45, 7) is 1.75. The first-order chi connectivity index (χ1) is 8.08. The third kappa shape index (κ3) is 2.39. The van der Waals surface area contributed by atoms with E-state index in [0.29, 0.717) is 16.9 Å². The molecule has 2 rings (SSSR count). The molecule has 0 aliphatic heterocycles. The molecule has 5 heteroatoms. The van der Waals surface area contributed by atoms with E-state index in [9.17, 15) is 9.90 Å². The second-order valence-electron chi connectivity index (χ2n) is 3.80. The Labute approximate surface area is 97.8 Å². The van der Waals surface area contributed by atoms with Gasteiger partial charge in [0, 0.05) is 6.42 Å². The minimum atomic E-state index is -1.44. The highest BCUT2D eigenvalue weighted by molar-refractivity contribution is 5.75. The van der Waals surface area contributed by atoms with Crippen molar-refractivity contribution in [1.29, 1.82) is 0 Å². The fourth-order valence-corrected chi connectivity index (χ4v) is 1.59. The molecule has 0 amide bonds. The van der Waals surface area contributed by atoms with Crippen LogP contribution in [0.2, 0.25) is 0 Å². The molecule has 1 atom stereocenters. The Morgan fingerprint density at radius 2 is 1.88 bits per heavy atom. The Balaban J connectivity index is 2.40. The summed E-state index contributed by atoms with van der Waals surface area (Å²) in [4.78, 5) is 19.2. The lowest BCUT2D eigenvalue weighted by molar-refractivity contribution is -0.146. The van der Waals surface area contributed by atoms with E-state index in [0.717, 1.165) is 5.52 Å². The van der Waals surface area contributed by atoms with Crippen molar-refractivity contribution in [2.75, 3.05) is 0 Å². The van der Waals surface area contributed by atoms with Crippen molar-refractivity contribution in [3.63, 3.8) is 0 Å². The van der Waals surface area contributed by atoms with Crippen molar-refractivity contribution in [1.82, 2.24) is 9.97 Å². The van der Waals surface area contributed by atoms with Crippen molar-refractivity contribution >= 4 is 17.0 Å². The van der Waals surface area contributed by atoms with Crippen LogP contribution in [0, 0.1) is 6.92 Å². The van der Waals surface area contributed by atoms with Gasteiger partial charge in [-0.2, -0.15) is 0 Å². The van der Waals surface area contributed by atoms with Gasteiger partial charge >= 0.3 is 5.97 Å². The number of carbonyl (C=O) groups is 1. The van der Waals surface area contributed by atoms with Gasteiger partial charge in [-0.05, 0) is 19.1 Å². The van der Waals surface area contributed by atoms with E-state index in [-0.39, 0.29) is 6.42 Å². The lowest BCUT2D eigenvalue weighted by atomic mass is 10.1. The van der Waals surface area contributed by atoms with Gasteiger partial charge in [-0.3, -0.25) is 0 Å². The molecule has 1 aromatic heterocycles. The van der Waals surface area contributed by atoms with Crippen LogP contribution in [0.4, 0.5) is 0 Å². The van der Waals surface area contributed by atoms with Crippen LogP contribution < -0.4 is 0 Å². The lowest BCUT2D eigenvalue weighted by Crippen LogP contribution is -2.23. The fraction of sp³-hybridized carbons (Fsp3) is 0.250. The predicted octanol–water partition coefficient (Wildman–Crippen LogP) is 0.926. The van der Waals surface area contributed by atoms with Crippen LogP contribution >= 0.6 is 0 Å². The number of aliphatic hydroxyl groups excluding tert-OH is 1. The summed E-state index contributed by atoms with van der Waals surface area (Å²) in [5.74, 6) is -1.25. The third-order valence-corrected chi connectivity index (χ3v) is 2.51. The molecule has 0 fully saturated rings. The van der Waals surface area contributed by atoms with Gasteiger partial charge in [0.2, 0.25) is 0 Å². The Morgan fingerprint density at radius 1 is 1.29 bits per heavy atom. The number of para-hydroxylation sites is 2. The highest BCUT2D eigenvalue weighted by Gasteiger charge is 2.16. The topological polar surface area (TPSA) is 83.3 Å². The monoisotopic (exact) mass is 232 g/mol. The van der Waals surface area contributed by atoms with Crippen molar-refractivity contribution < 1.29 is 15.0 Å². The zero-order valence-corrected chi connectivity index (χ0v) is 9.29. The SMILES string of the molecule is Cc1nc2ccccc2nc1CC(O)C(=O)O. The molecule has 0 spiro atoms. The smallest absolute Gasteiger partial charge is 0.332 e. The molecule has 1 unspecified atom stereocenters. The third-order valence-electron chi connectivity index (χ3n) is 2.51. The van der Waals surface area contributed by atoms with Crippen LogP contribution in [0.15, 0.2) is 24.3 Å². The molecule has 0 saturated carbocycles. The largest absolute Gasteiger partial charge is 0.479 e. The fourth-order valence-electron chi connectivity index (χ4n) is 1.59. The van der Waals surface area contributed by atoms with E-state index in [4.69, 9.17) is 5.11 Å². The average molecular weight is 232 g/mol. The van der Waals surface area contributed by atoms with Gasteiger partial charge in [0.1, 0.15) is 0 Å². The number of aromatic nitrogens is 2. The van der Waals surface area contributed by atoms with Crippen LogP contribution in [-0.4, -0.2) is 32.3 Å². The Kier molecular flexibility index (Phi) is 3.01. The van der Waals surface area contributed by atoms with Gasteiger partial charge in [0.25, 0.3) is 0 Å². The van der Waals surface area contributed by atoms with Crippen molar-refractivity contribution in [3.05, 3.63) is 35.7 Å². The second-order valence-corrected chi connectivity index (χ2v) is 3.80. The predicted molar refractivity (Wildman–Crippen MR) is 61.6 cm³/mol. The van der Waals surface area contributed by atoms with E-state index in [2.05, 4.69) is 9.97 Å². The molecule has 0 aliphatic rings. The number of carboxylic acids is 1. The van der Waals surface area contributed by atoms with Crippen molar-refractivity contribution in [2.24, 2.45) is 0 Å². The molecular formula is C12H12N2O3. The normalized spacial score (nSPS) is 12.6. The molecule has 2 aromatic rings. The molecule has 88 valence electrons. The number of fused-ring (bicyclic) bond motifs is 1. The maximum absolute atomic E-state index is 10.6. The molecule has 17 heavy (non-hydrogen) atoms. The van der Waals surface area contributed by atoms with Crippen LogP contribution in [0.3, 0.4) is 0 Å². The standard InChI is InChI=1S/C12H12N2O3/c1-7-10(6-11(15)12(16)17)14-9-5-3-2-4-8(9)13-7/h2-5,11,15H,6H2,1H3,(H,16,17). The first-order valence-corrected chi connectivity index (χ1v) is 5.21. The number of nitrogens with zero attached hydrogens (tertiary/aromatic N) is 2. The molecule has 2 N–H and O–H groups in total. The van der Waals surface area contributed by atoms with Gasteiger partial charge in [0.05, 0.1) is 22.4 Å². The zero-order valence-electron chi connectivity index (χ0n) is 9.29. The maximum atomic E-state index is 10.6. The summed E-state index contributed by atoms with van der Waals surface area (Å²) in [5.41, 5.74) is 2.62. The molecule has 1 aromatic carbocycles. The molecule has 0 bridgehead atoms. The number of hydrogen-bond acceptors (Lipinski definition) is 4. The summed E-state index contributed by atoms with van der Waals surface area (Å²) < 4.78 is 0. The van der Waals surface area contributed by atoms with Gasteiger partial charge in [-0.25, -0.2) is 14.8 Å². The molecule has 0 saturated heterocycles. The van der Waals surface area contributed by atoms with E-state index in [1.807, 2.05) is 18.2 Å². The first-order valence-electron chi connectivity index (χ1n) is 5.21.